The molecule has 1 amide bonds. The molecule has 2 aromatic carbocycles. The van der Waals surface area contributed by atoms with E-state index < -0.39 is 0 Å². The van der Waals surface area contributed by atoms with Gasteiger partial charge in [0.05, 0.1) is 19.3 Å². The van der Waals surface area contributed by atoms with Gasteiger partial charge in [-0.25, -0.2) is 4.39 Å². The van der Waals surface area contributed by atoms with Crippen LogP contribution in [0.1, 0.15) is 12.5 Å². The summed E-state index contributed by atoms with van der Waals surface area (Å²) in [4.78, 5) is 19.4. The standard InChI is InChI=1S/C24H30ClFN4O2/c1-18(24(31)27-19-5-7-20(8-6-19)30-13-15-32-16-14-30)29-11-9-28(10-12-29)17-21-22(25)3-2-4-23(21)26/h2-8,18H,9-17H2,1H3,(H,27,31). The van der Waals surface area contributed by atoms with Crippen LogP contribution in [0.4, 0.5) is 15.8 Å². The molecule has 172 valence electrons. The number of hydrogen-bond acceptors (Lipinski definition) is 5. The Balaban J connectivity index is 1.26. The third kappa shape index (κ3) is 5.59. The zero-order valence-electron chi connectivity index (χ0n) is 18.4. The number of ether oxygens (including phenoxy) is 1. The number of carbonyl (C=O) groups is 1. The van der Waals surface area contributed by atoms with E-state index in [1.807, 2.05) is 31.2 Å². The van der Waals surface area contributed by atoms with Gasteiger partial charge in [0, 0.05) is 67.8 Å². The maximum Gasteiger partial charge on any atom is 0.241 e. The van der Waals surface area contributed by atoms with Crippen LogP contribution in [-0.4, -0.2) is 74.2 Å². The van der Waals surface area contributed by atoms with Crippen LogP contribution >= 0.6 is 11.6 Å². The number of benzene rings is 2. The normalized spacial score (nSPS) is 19.0. The first kappa shape index (κ1) is 23.0. The molecule has 2 fully saturated rings. The van der Waals surface area contributed by atoms with Crippen molar-refractivity contribution in [2.75, 3.05) is 62.7 Å². The highest BCUT2D eigenvalue weighted by Gasteiger charge is 2.26. The smallest absolute Gasteiger partial charge is 0.241 e. The third-order valence-corrected chi connectivity index (χ3v) is 6.64. The molecule has 2 saturated heterocycles. The van der Waals surface area contributed by atoms with Gasteiger partial charge in [-0.05, 0) is 43.3 Å². The Kier molecular flexibility index (Phi) is 7.63. The molecule has 2 heterocycles. The number of rotatable bonds is 6. The molecule has 32 heavy (non-hydrogen) atoms. The van der Waals surface area contributed by atoms with Crippen molar-refractivity contribution in [2.45, 2.75) is 19.5 Å². The van der Waals surface area contributed by atoms with E-state index in [0.29, 0.717) is 17.1 Å². The van der Waals surface area contributed by atoms with Gasteiger partial charge in [0.2, 0.25) is 5.91 Å². The summed E-state index contributed by atoms with van der Waals surface area (Å²) >= 11 is 6.16. The van der Waals surface area contributed by atoms with Crippen LogP contribution < -0.4 is 10.2 Å². The highest BCUT2D eigenvalue weighted by molar-refractivity contribution is 6.31. The molecule has 0 saturated carbocycles. The lowest BCUT2D eigenvalue weighted by Crippen LogP contribution is -2.52. The predicted molar refractivity (Wildman–Crippen MR) is 126 cm³/mol. The van der Waals surface area contributed by atoms with Gasteiger partial charge in [-0.3, -0.25) is 14.6 Å². The summed E-state index contributed by atoms with van der Waals surface area (Å²) in [6.07, 6.45) is 0. The third-order valence-electron chi connectivity index (χ3n) is 6.29. The quantitative estimate of drug-likeness (QED) is 0.715. The van der Waals surface area contributed by atoms with Crippen LogP contribution in [0.15, 0.2) is 42.5 Å². The Morgan fingerprint density at radius 1 is 1.06 bits per heavy atom. The van der Waals surface area contributed by atoms with Crippen LogP contribution in [0.3, 0.4) is 0 Å². The second-order valence-electron chi connectivity index (χ2n) is 8.32. The number of nitrogens with zero attached hydrogens (tertiary/aromatic N) is 3. The fourth-order valence-corrected chi connectivity index (χ4v) is 4.43. The lowest BCUT2D eigenvalue weighted by Gasteiger charge is -2.37. The summed E-state index contributed by atoms with van der Waals surface area (Å²) in [7, 11) is 0. The number of morpholine rings is 1. The Bertz CT molecular complexity index is 892. The van der Waals surface area contributed by atoms with Gasteiger partial charge in [-0.2, -0.15) is 0 Å². The molecule has 0 bridgehead atoms. The Morgan fingerprint density at radius 2 is 1.75 bits per heavy atom. The number of amides is 1. The maximum absolute atomic E-state index is 14.1. The van der Waals surface area contributed by atoms with E-state index in [-0.39, 0.29) is 17.8 Å². The highest BCUT2D eigenvalue weighted by atomic mass is 35.5. The largest absolute Gasteiger partial charge is 0.378 e. The van der Waals surface area contributed by atoms with Crippen molar-refractivity contribution in [3.8, 4) is 0 Å². The van der Waals surface area contributed by atoms with E-state index in [0.717, 1.165) is 63.9 Å². The van der Waals surface area contributed by atoms with Crippen molar-refractivity contribution in [2.24, 2.45) is 0 Å². The van der Waals surface area contributed by atoms with Crippen LogP contribution in [0, 0.1) is 5.82 Å². The van der Waals surface area contributed by atoms with Gasteiger partial charge >= 0.3 is 0 Å². The molecule has 2 aliphatic rings. The molecule has 6 nitrogen and oxygen atoms in total. The van der Waals surface area contributed by atoms with E-state index in [1.54, 1.807) is 12.1 Å². The van der Waals surface area contributed by atoms with E-state index in [4.69, 9.17) is 16.3 Å². The first-order valence-electron chi connectivity index (χ1n) is 11.1. The second kappa shape index (κ2) is 10.6. The minimum atomic E-state index is -0.271. The number of nitrogens with one attached hydrogen (secondary N) is 1. The number of anilines is 2. The topological polar surface area (TPSA) is 48.1 Å². The van der Waals surface area contributed by atoms with Crippen LogP contribution in [-0.2, 0) is 16.1 Å². The maximum atomic E-state index is 14.1. The average Bonchev–Trinajstić information content (AvgIpc) is 2.82. The monoisotopic (exact) mass is 460 g/mol. The number of halogens is 2. The first-order chi connectivity index (χ1) is 15.5. The van der Waals surface area contributed by atoms with E-state index in [1.165, 1.54) is 6.07 Å². The predicted octanol–water partition coefficient (Wildman–Crippen LogP) is 3.46. The number of piperazine rings is 1. The van der Waals surface area contributed by atoms with Crippen molar-refractivity contribution in [1.82, 2.24) is 9.80 Å². The molecule has 4 rings (SSSR count). The molecule has 1 unspecified atom stereocenters. The minimum Gasteiger partial charge on any atom is -0.378 e. The zero-order chi connectivity index (χ0) is 22.5. The number of hydrogen-bond donors (Lipinski definition) is 1. The summed E-state index contributed by atoms with van der Waals surface area (Å²) < 4.78 is 19.5. The van der Waals surface area contributed by atoms with Crippen molar-refractivity contribution >= 4 is 28.9 Å². The lowest BCUT2D eigenvalue weighted by atomic mass is 10.1. The molecule has 0 radical (unpaired) electrons. The summed E-state index contributed by atoms with van der Waals surface area (Å²) in [5.74, 6) is -0.290. The van der Waals surface area contributed by atoms with Crippen molar-refractivity contribution < 1.29 is 13.9 Å². The van der Waals surface area contributed by atoms with Crippen LogP contribution in [0.2, 0.25) is 5.02 Å². The van der Waals surface area contributed by atoms with Crippen molar-refractivity contribution in [3.63, 3.8) is 0 Å². The highest BCUT2D eigenvalue weighted by Crippen LogP contribution is 2.22. The van der Waals surface area contributed by atoms with Gasteiger partial charge in [0.1, 0.15) is 5.82 Å². The molecular formula is C24H30ClFN4O2. The molecule has 0 aliphatic carbocycles. The number of carbonyl (C=O) groups excluding carboxylic acids is 1. The summed E-state index contributed by atoms with van der Waals surface area (Å²) in [6.45, 7) is 8.69. The summed E-state index contributed by atoms with van der Waals surface area (Å²) in [5.41, 5.74) is 2.48. The molecular weight excluding hydrogens is 431 g/mol. The molecule has 8 heteroatoms. The average molecular weight is 461 g/mol. The molecule has 0 aromatic heterocycles. The fraction of sp³-hybridized carbons (Fsp3) is 0.458. The summed E-state index contributed by atoms with van der Waals surface area (Å²) in [6, 6.07) is 12.5. The molecule has 2 aromatic rings. The molecule has 0 spiro atoms. The first-order valence-corrected chi connectivity index (χ1v) is 11.5. The zero-order valence-corrected chi connectivity index (χ0v) is 19.2. The summed E-state index contributed by atoms with van der Waals surface area (Å²) in [5, 5.41) is 3.49. The van der Waals surface area contributed by atoms with Crippen LogP contribution in [0.25, 0.3) is 0 Å². The van der Waals surface area contributed by atoms with Gasteiger partial charge in [-0.1, -0.05) is 17.7 Å². The molecule has 2 aliphatic heterocycles. The lowest BCUT2D eigenvalue weighted by molar-refractivity contribution is -0.121. The Hall–Kier alpha value is -2.19. The van der Waals surface area contributed by atoms with Crippen LogP contribution in [0.5, 0.6) is 0 Å². The van der Waals surface area contributed by atoms with Crippen molar-refractivity contribution in [1.29, 1.82) is 0 Å². The van der Waals surface area contributed by atoms with Gasteiger partial charge in [0.15, 0.2) is 0 Å². The van der Waals surface area contributed by atoms with E-state index in [9.17, 15) is 9.18 Å². The van der Waals surface area contributed by atoms with Gasteiger partial charge in [0.25, 0.3) is 0 Å². The molecule has 1 N–H and O–H groups in total. The van der Waals surface area contributed by atoms with E-state index >= 15 is 0 Å². The second-order valence-corrected chi connectivity index (χ2v) is 8.73. The molecule has 1 atom stereocenters. The minimum absolute atomic E-state index is 0.0188. The van der Waals surface area contributed by atoms with Gasteiger partial charge < -0.3 is 15.0 Å². The van der Waals surface area contributed by atoms with E-state index in [2.05, 4.69) is 20.0 Å². The van der Waals surface area contributed by atoms with Crippen molar-refractivity contribution in [3.05, 3.63) is 58.9 Å². The Morgan fingerprint density at radius 3 is 2.41 bits per heavy atom. The fourth-order valence-electron chi connectivity index (χ4n) is 4.21. The SMILES string of the molecule is CC(C(=O)Nc1ccc(N2CCOCC2)cc1)N1CCN(Cc2c(F)cccc2Cl)CC1. The Labute approximate surface area is 193 Å². The van der Waals surface area contributed by atoms with Gasteiger partial charge in [-0.15, -0.1) is 0 Å².